The molecular formula is C18H14BrClN2O2. The third kappa shape index (κ3) is 2.52. The minimum absolute atomic E-state index is 0.0228. The summed E-state index contributed by atoms with van der Waals surface area (Å²) in [6.45, 7) is 0. The molecule has 2 aromatic rings. The Bertz CT molecular complexity index is 868. The highest BCUT2D eigenvalue weighted by Crippen LogP contribution is 2.50. The highest BCUT2D eigenvalue weighted by Gasteiger charge is 2.38. The molecule has 24 heavy (non-hydrogen) atoms. The first-order valence-corrected chi connectivity index (χ1v) is 8.88. The Labute approximate surface area is 152 Å². The van der Waals surface area contributed by atoms with Crippen molar-refractivity contribution in [3.63, 3.8) is 0 Å². The third-order valence-electron chi connectivity index (χ3n) is 4.85. The van der Waals surface area contributed by atoms with Crippen LogP contribution in [-0.2, 0) is 0 Å². The van der Waals surface area contributed by atoms with E-state index in [0.29, 0.717) is 11.8 Å². The summed E-state index contributed by atoms with van der Waals surface area (Å²) in [5, 5.41) is 14.9. The maximum absolute atomic E-state index is 11.2. The van der Waals surface area contributed by atoms with Crippen LogP contribution in [0.4, 0.5) is 11.4 Å². The van der Waals surface area contributed by atoms with E-state index in [1.807, 2.05) is 12.1 Å². The van der Waals surface area contributed by atoms with Gasteiger partial charge in [-0.1, -0.05) is 45.7 Å². The average molecular weight is 406 g/mol. The highest BCUT2D eigenvalue weighted by molar-refractivity contribution is 9.10. The van der Waals surface area contributed by atoms with Gasteiger partial charge in [-0.25, -0.2) is 0 Å². The molecule has 0 radical (unpaired) electrons. The molecular weight excluding hydrogens is 392 g/mol. The van der Waals surface area contributed by atoms with Crippen LogP contribution < -0.4 is 5.32 Å². The molecule has 4 nitrogen and oxygen atoms in total. The summed E-state index contributed by atoms with van der Waals surface area (Å²) in [5.41, 5.74) is 3.20. The SMILES string of the molecule is O=[N+]([O-])c1cc([C@@H]2Nc3ccc(Br)cc3[C@H]3C=CC[C@H]32)ccc1Cl. The van der Waals surface area contributed by atoms with Crippen molar-refractivity contribution in [3.8, 4) is 0 Å². The minimum atomic E-state index is -0.426. The van der Waals surface area contributed by atoms with E-state index >= 15 is 0 Å². The quantitative estimate of drug-likeness (QED) is 0.388. The molecule has 1 heterocycles. The second kappa shape index (κ2) is 5.90. The van der Waals surface area contributed by atoms with Crippen molar-refractivity contribution in [2.45, 2.75) is 18.4 Å². The average Bonchev–Trinajstić information content (AvgIpc) is 3.04. The maximum atomic E-state index is 11.2. The molecule has 0 amide bonds. The summed E-state index contributed by atoms with van der Waals surface area (Å²) in [5.74, 6) is 0.658. The van der Waals surface area contributed by atoms with E-state index in [9.17, 15) is 10.1 Å². The van der Waals surface area contributed by atoms with Gasteiger partial charge in [0.25, 0.3) is 5.69 Å². The van der Waals surface area contributed by atoms with Gasteiger partial charge in [-0.15, -0.1) is 0 Å². The lowest BCUT2D eigenvalue weighted by Gasteiger charge is -2.37. The molecule has 0 saturated heterocycles. The van der Waals surface area contributed by atoms with Crippen LogP contribution in [0, 0.1) is 16.0 Å². The van der Waals surface area contributed by atoms with Gasteiger partial charge in [0.15, 0.2) is 0 Å². The van der Waals surface area contributed by atoms with Crippen molar-refractivity contribution in [1.29, 1.82) is 0 Å². The molecule has 4 rings (SSSR count). The van der Waals surface area contributed by atoms with Crippen LogP contribution in [0.15, 0.2) is 53.0 Å². The first-order chi connectivity index (χ1) is 11.5. The van der Waals surface area contributed by atoms with Gasteiger partial charge < -0.3 is 5.32 Å². The number of nitro groups is 1. The topological polar surface area (TPSA) is 55.2 Å². The van der Waals surface area contributed by atoms with E-state index < -0.39 is 4.92 Å². The van der Waals surface area contributed by atoms with Gasteiger partial charge in [0.05, 0.1) is 11.0 Å². The first-order valence-electron chi connectivity index (χ1n) is 7.71. The predicted molar refractivity (Wildman–Crippen MR) is 98.6 cm³/mol. The van der Waals surface area contributed by atoms with Gasteiger partial charge in [-0.2, -0.15) is 0 Å². The van der Waals surface area contributed by atoms with Crippen molar-refractivity contribution in [2.24, 2.45) is 5.92 Å². The van der Waals surface area contributed by atoms with Crippen LogP contribution >= 0.6 is 27.5 Å². The van der Waals surface area contributed by atoms with Crippen LogP contribution in [0.25, 0.3) is 0 Å². The first kappa shape index (κ1) is 15.7. The molecule has 0 unspecified atom stereocenters. The number of allylic oxidation sites excluding steroid dienone is 2. The number of benzene rings is 2. The van der Waals surface area contributed by atoms with Gasteiger partial charge in [-0.3, -0.25) is 10.1 Å². The lowest BCUT2D eigenvalue weighted by molar-refractivity contribution is -0.384. The zero-order valence-corrected chi connectivity index (χ0v) is 14.9. The number of hydrogen-bond donors (Lipinski definition) is 1. The van der Waals surface area contributed by atoms with Gasteiger partial charge in [-0.05, 0) is 47.7 Å². The molecule has 3 atom stereocenters. The second-order valence-corrected chi connectivity index (χ2v) is 7.50. The lowest BCUT2D eigenvalue weighted by atomic mass is 9.77. The minimum Gasteiger partial charge on any atom is -0.378 e. The predicted octanol–water partition coefficient (Wildman–Crippen LogP) is 5.84. The number of nitrogens with one attached hydrogen (secondary N) is 1. The summed E-state index contributed by atoms with van der Waals surface area (Å²) in [6.07, 6.45) is 5.39. The Balaban J connectivity index is 1.79. The fourth-order valence-corrected chi connectivity index (χ4v) is 4.32. The number of halogens is 2. The summed E-state index contributed by atoms with van der Waals surface area (Å²) >= 11 is 9.50. The van der Waals surface area contributed by atoms with Crippen LogP contribution in [0.2, 0.25) is 5.02 Å². The van der Waals surface area contributed by atoms with Gasteiger partial charge in [0, 0.05) is 22.1 Å². The summed E-state index contributed by atoms with van der Waals surface area (Å²) in [6, 6.07) is 11.3. The largest absolute Gasteiger partial charge is 0.378 e. The molecule has 0 saturated carbocycles. The van der Waals surface area contributed by atoms with Crippen LogP contribution in [0.1, 0.15) is 29.5 Å². The van der Waals surface area contributed by atoms with E-state index in [2.05, 4.69) is 45.5 Å². The maximum Gasteiger partial charge on any atom is 0.288 e. The molecule has 0 aromatic heterocycles. The Hall–Kier alpha value is -1.85. The van der Waals surface area contributed by atoms with Gasteiger partial charge >= 0.3 is 0 Å². The van der Waals surface area contributed by atoms with Crippen molar-refractivity contribution in [1.82, 2.24) is 0 Å². The molecule has 1 aliphatic heterocycles. The van der Waals surface area contributed by atoms with E-state index in [4.69, 9.17) is 11.6 Å². The standard InChI is InChI=1S/C18H14BrClN2O2/c19-11-5-7-16-14(9-11)12-2-1-3-13(12)18(21-16)10-4-6-15(20)17(8-10)22(23)24/h1-2,4-9,12-13,18,21H,3H2/t12-,13+,18-/m0/s1. The molecule has 1 aliphatic carbocycles. The van der Waals surface area contributed by atoms with Gasteiger partial charge in [0.2, 0.25) is 0 Å². The van der Waals surface area contributed by atoms with Crippen LogP contribution in [0.5, 0.6) is 0 Å². The second-order valence-electron chi connectivity index (χ2n) is 6.18. The van der Waals surface area contributed by atoms with E-state index in [0.717, 1.165) is 22.1 Å². The summed E-state index contributed by atoms with van der Waals surface area (Å²) in [7, 11) is 0. The monoisotopic (exact) mass is 404 g/mol. The molecule has 2 aliphatic rings. The Morgan fingerprint density at radius 3 is 2.88 bits per heavy atom. The molecule has 2 aromatic carbocycles. The number of nitrogens with zero attached hydrogens (tertiary/aromatic N) is 1. The molecule has 122 valence electrons. The molecule has 1 N–H and O–H groups in total. The fraction of sp³-hybridized carbons (Fsp3) is 0.222. The third-order valence-corrected chi connectivity index (χ3v) is 5.66. The van der Waals surface area contributed by atoms with E-state index in [1.165, 1.54) is 5.56 Å². The number of nitro benzene ring substituents is 1. The summed E-state index contributed by atoms with van der Waals surface area (Å²) in [4.78, 5) is 10.8. The lowest BCUT2D eigenvalue weighted by Crippen LogP contribution is -2.29. The Kier molecular flexibility index (Phi) is 3.85. The van der Waals surface area contributed by atoms with Crippen molar-refractivity contribution in [2.75, 3.05) is 5.32 Å². The number of hydrogen-bond acceptors (Lipinski definition) is 3. The smallest absolute Gasteiger partial charge is 0.288 e. The number of anilines is 1. The van der Waals surface area contributed by atoms with Crippen molar-refractivity contribution >= 4 is 38.9 Å². The fourth-order valence-electron chi connectivity index (χ4n) is 3.76. The normalized spacial score (nSPS) is 24.2. The van der Waals surface area contributed by atoms with Gasteiger partial charge in [0.1, 0.15) is 5.02 Å². The Morgan fingerprint density at radius 2 is 2.08 bits per heavy atom. The van der Waals surface area contributed by atoms with Crippen molar-refractivity contribution in [3.05, 3.63) is 79.3 Å². The number of fused-ring (bicyclic) bond motifs is 3. The number of rotatable bonds is 2. The molecule has 6 heteroatoms. The van der Waals surface area contributed by atoms with Crippen LogP contribution in [-0.4, -0.2) is 4.92 Å². The Morgan fingerprint density at radius 1 is 1.25 bits per heavy atom. The van der Waals surface area contributed by atoms with Crippen molar-refractivity contribution < 1.29 is 4.92 Å². The van der Waals surface area contributed by atoms with E-state index in [-0.39, 0.29) is 16.8 Å². The molecule has 0 bridgehead atoms. The molecule has 0 spiro atoms. The zero-order valence-electron chi connectivity index (χ0n) is 12.6. The van der Waals surface area contributed by atoms with E-state index in [1.54, 1.807) is 12.1 Å². The zero-order chi connectivity index (χ0) is 16.8. The van der Waals surface area contributed by atoms with Crippen LogP contribution in [0.3, 0.4) is 0 Å². The highest BCUT2D eigenvalue weighted by atomic mass is 79.9. The summed E-state index contributed by atoms with van der Waals surface area (Å²) < 4.78 is 1.06. The molecule has 0 fully saturated rings.